The van der Waals surface area contributed by atoms with Gasteiger partial charge in [0.1, 0.15) is 11.5 Å². The number of hydrogen-bond acceptors (Lipinski definition) is 3. The van der Waals surface area contributed by atoms with E-state index in [1.165, 1.54) is 5.56 Å². The number of rotatable bonds is 6. The van der Waals surface area contributed by atoms with Crippen LogP contribution in [0.4, 0.5) is 0 Å². The predicted molar refractivity (Wildman–Crippen MR) is 74.8 cm³/mol. The lowest BCUT2D eigenvalue weighted by Crippen LogP contribution is -2.16. The van der Waals surface area contributed by atoms with Gasteiger partial charge in [-0.1, -0.05) is 12.1 Å². The normalized spacial score (nSPS) is 10.6. The number of benzene rings is 1. The molecule has 0 fully saturated rings. The van der Waals surface area contributed by atoms with Crippen LogP contribution in [0.1, 0.15) is 11.3 Å². The largest absolute Gasteiger partial charge is 0.497 e. The molecule has 1 heterocycles. The molecule has 96 valence electrons. The van der Waals surface area contributed by atoms with Gasteiger partial charge in [-0.05, 0) is 52.7 Å². The maximum atomic E-state index is 5.32. The summed E-state index contributed by atoms with van der Waals surface area (Å²) in [6.45, 7) is 1.66. The van der Waals surface area contributed by atoms with Crippen molar-refractivity contribution in [3.8, 4) is 5.75 Å². The minimum Gasteiger partial charge on any atom is -0.497 e. The van der Waals surface area contributed by atoms with Gasteiger partial charge in [0.05, 0.1) is 24.4 Å². The zero-order chi connectivity index (χ0) is 12.8. The summed E-state index contributed by atoms with van der Waals surface area (Å²) >= 11 is 3.43. The van der Waals surface area contributed by atoms with Gasteiger partial charge >= 0.3 is 0 Å². The van der Waals surface area contributed by atoms with E-state index in [0.717, 1.165) is 35.5 Å². The lowest BCUT2D eigenvalue weighted by atomic mass is 10.1. The third-order valence-electron chi connectivity index (χ3n) is 2.73. The zero-order valence-corrected chi connectivity index (χ0v) is 11.9. The SMILES string of the molecule is COc1ccc(CCNCc2occc2Br)cc1. The third kappa shape index (κ3) is 3.62. The predicted octanol–water partition coefficient (Wildman–Crippen LogP) is 3.38. The Balaban J connectivity index is 1.73. The second-order valence-electron chi connectivity index (χ2n) is 3.97. The minimum atomic E-state index is 0.740. The van der Waals surface area contributed by atoms with E-state index < -0.39 is 0 Å². The average Bonchev–Trinajstić information content (AvgIpc) is 2.81. The van der Waals surface area contributed by atoms with Crippen molar-refractivity contribution in [3.63, 3.8) is 0 Å². The summed E-state index contributed by atoms with van der Waals surface area (Å²) in [6, 6.07) is 10.0. The van der Waals surface area contributed by atoms with Crippen LogP contribution in [0.3, 0.4) is 0 Å². The summed E-state index contributed by atoms with van der Waals surface area (Å²) in [7, 11) is 1.68. The van der Waals surface area contributed by atoms with E-state index >= 15 is 0 Å². The second-order valence-corrected chi connectivity index (χ2v) is 4.82. The van der Waals surface area contributed by atoms with Crippen molar-refractivity contribution in [2.45, 2.75) is 13.0 Å². The van der Waals surface area contributed by atoms with Crippen molar-refractivity contribution >= 4 is 15.9 Å². The molecule has 0 aliphatic heterocycles. The first-order valence-corrected chi connectivity index (χ1v) is 6.64. The Morgan fingerprint density at radius 2 is 2.00 bits per heavy atom. The molecule has 4 heteroatoms. The van der Waals surface area contributed by atoms with Gasteiger partial charge in [0.25, 0.3) is 0 Å². The summed E-state index contributed by atoms with van der Waals surface area (Å²) in [5.74, 6) is 1.83. The van der Waals surface area contributed by atoms with Crippen LogP contribution in [-0.4, -0.2) is 13.7 Å². The molecule has 0 saturated heterocycles. The van der Waals surface area contributed by atoms with Crippen molar-refractivity contribution in [2.24, 2.45) is 0 Å². The standard InChI is InChI=1S/C14H16BrNO2/c1-17-12-4-2-11(3-5-12)6-8-16-10-14-13(15)7-9-18-14/h2-5,7,9,16H,6,8,10H2,1H3. The molecule has 0 aliphatic rings. The van der Waals surface area contributed by atoms with E-state index in [4.69, 9.17) is 9.15 Å². The van der Waals surface area contributed by atoms with Gasteiger partial charge in [0, 0.05) is 0 Å². The van der Waals surface area contributed by atoms with E-state index in [-0.39, 0.29) is 0 Å². The Morgan fingerprint density at radius 1 is 1.22 bits per heavy atom. The Kier molecular flexibility index (Phi) is 4.84. The van der Waals surface area contributed by atoms with Gasteiger partial charge in [-0.3, -0.25) is 0 Å². The summed E-state index contributed by atoms with van der Waals surface area (Å²) in [5.41, 5.74) is 1.29. The number of halogens is 1. The Hall–Kier alpha value is -1.26. The molecule has 0 saturated carbocycles. The van der Waals surface area contributed by atoms with Crippen LogP contribution in [0.25, 0.3) is 0 Å². The number of furan rings is 1. The fourth-order valence-electron chi connectivity index (χ4n) is 1.68. The molecule has 0 unspecified atom stereocenters. The molecule has 2 rings (SSSR count). The van der Waals surface area contributed by atoms with E-state index in [1.807, 2.05) is 18.2 Å². The highest BCUT2D eigenvalue weighted by Crippen LogP contribution is 2.17. The molecule has 1 N–H and O–H groups in total. The molecule has 0 amide bonds. The van der Waals surface area contributed by atoms with Crippen LogP contribution in [0.15, 0.2) is 45.5 Å². The van der Waals surface area contributed by atoms with E-state index in [2.05, 4.69) is 33.4 Å². The van der Waals surface area contributed by atoms with Gasteiger partial charge in [-0.2, -0.15) is 0 Å². The molecule has 0 radical (unpaired) electrons. The smallest absolute Gasteiger partial charge is 0.131 e. The minimum absolute atomic E-state index is 0.740. The molecular formula is C14H16BrNO2. The maximum absolute atomic E-state index is 5.32. The summed E-state index contributed by atoms with van der Waals surface area (Å²) < 4.78 is 11.5. The lowest BCUT2D eigenvalue weighted by molar-refractivity contribution is 0.414. The van der Waals surface area contributed by atoms with Crippen LogP contribution in [-0.2, 0) is 13.0 Å². The lowest BCUT2D eigenvalue weighted by Gasteiger charge is -2.05. The highest BCUT2D eigenvalue weighted by atomic mass is 79.9. The van der Waals surface area contributed by atoms with Crippen molar-refractivity contribution in [1.29, 1.82) is 0 Å². The molecule has 3 nitrogen and oxygen atoms in total. The van der Waals surface area contributed by atoms with Crippen LogP contribution in [0.2, 0.25) is 0 Å². The Labute approximate surface area is 115 Å². The first-order chi connectivity index (χ1) is 8.79. The molecular weight excluding hydrogens is 294 g/mol. The van der Waals surface area contributed by atoms with Gasteiger partial charge in [-0.25, -0.2) is 0 Å². The monoisotopic (exact) mass is 309 g/mol. The number of nitrogens with one attached hydrogen (secondary N) is 1. The van der Waals surface area contributed by atoms with Crippen molar-refractivity contribution in [3.05, 3.63) is 52.4 Å². The Bertz CT molecular complexity index is 479. The summed E-state index contributed by atoms with van der Waals surface area (Å²) in [5, 5.41) is 3.35. The number of ether oxygens (including phenoxy) is 1. The fraction of sp³-hybridized carbons (Fsp3) is 0.286. The molecule has 2 aromatic rings. The topological polar surface area (TPSA) is 34.4 Å². The van der Waals surface area contributed by atoms with Crippen LogP contribution in [0, 0.1) is 0 Å². The molecule has 0 spiro atoms. The quantitative estimate of drug-likeness (QED) is 0.831. The van der Waals surface area contributed by atoms with Crippen molar-refractivity contribution in [2.75, 3.05) is 13.7 Å². The highest BCUT2D eigenvalue weighted by Gasteiger charge is 2.02. The fourth-order valence-corrected chi connectivity index (χ4v) is 2.02. The zero-order valence-electron chi connectivity index (χ0n) is 10.3. The van der Waals surface area contributed by atoms with Gasteiger partial charge in [0.15, 0.2) is 0 Å². The highest BCUT2D eigenvalue weighted by molar-refractivity contribution is 9.10. The maximum Gasteiger partial charge on any atom is 0.131 e. The summed E-state index contributed by atoms with van der Waals surface area (Å²) in [6.07, 6.45) is 2.67. The van der Waals surface area contributed by atoms with Crippen LogP contribution in [0.5, 0.6) is 5.75 Å². The van der Waals surface area contributed by atoms with Gasteiger partial charge in [-0.15, -0.1) is 0 Å². The number of hydrogen-bond donors (Lipinski definition) is 1. The van der Waals surface area contributed by atoms with E-state index in [0.29, 0.717) is 0 Å². The molecule has 0 bridgehead atoms. The first kappa shape index (κ1) is 13.2. The van der Waals surface area contributed by atoms with Gasteiger partial charge < -0.3 is 14.5 Å². The molecule has 0 atom stereocenters. The average molecular weight is 310 g/mol. The van der Waals surface area contributed by atoms with Crippen molar-refractivity contribution < 1.29 is 9.15 Å². The van der Waals surface area contributed by atoms with Crippen LogP contribution >= 0.6 is 15.9 Å². The second kappa shape index (κ2) is 6.61. The molecule has 1 aromatic carbocycles. The summed E-state index contributed by atoms with van der Waals surface area (Å²) in [4.78, 5) is 0. The first-order valence-electron chi connectivity index (χ1n) is 5.85. The molecule has 18 heavy (non-hydrogen) atoms. The van der Waals surface area contributed by atoms with Crippen molar-refractivity contribution in [1.82, 2.24) is 5.32 Å². The molecule has 0 aliphatic carbocycles. The van der Waals surface area contributed by atoms with Crippen LogP contribution < -0.4 is 10.1 Å². The molecule has 1 aromatic heterocycles. The van der Waals surface area contributed by atoms with Gasteiger partial charge in [0.2, 0.25) is 0 Å². The van der Waals surface area contributed by atoms with E-state index in [9.17, 15) is 0 Å². The Morgan fingerprint density at radius 3 is 2.61 bits per heavy atom. The van der Waals surface area contributed by atoms with E-state index in [1.54, 1.807) is 13.4 Å². The number of methoxy groups -OCH3 is 1. The third-order valence-corrected chi connectivity index (χ3v) is 3.43.